The molecule has 0 amide bonds. The highest BCUT2D eigenvalue weighted by Crippen LogP contribution is 2.61. The predicted molar refractivity (Wildman–Crippen MR) is 39.1 cm³/mol. The van der Waals surface area contributed by atoms with Crippen LogP contribution in [0.15, 0.2) is 0 Å². The first-order valence-electron chi connectivity index (χ1n) is 2.28. The summed E-state index contributed by atoms with van der Waals surface area (Å²) in [5, 5.41) is 17.0. The van der Waals surface area contributed by atoms with E-state index in [-0.39, 0.29) is 9.05 Å². The molecule has 5 heteroatoms. The molecule has 0 bridgehead atoms. The van der Waals surface area contributed by atoms with Gasteiger partial charge in [-0.3, -0.25) is 0 Å². The van der Waals surface area contributed by atoms with Gasteiger partial charge in [0.1, 0.15) is 0 Å². The fourth-order valence-electron chi connectivity index (χ4n) is 0.558. The maximum atomic E-state index is 8.52. The molecule has 0 unspecified atom stereocenters. The summed E-state index contributed by atoms with van der Waals surface area (Å²) in [4.78, 5) is 0. The highest BCUT2D eigenvalue weighted by atomic mass is 79.9. The van der Waals surface area contributed by atoms with Crippen molar-refractivity contribution in [3.63, 3.8) is 0 Å². The molecule has 0 radical (unpaired) electrons. The molecule has 8 heavy (non-hydrogen) atoms. The molecule has 1 aliphatic carbocycles. The van der Waals surface area contributed by atoms with Crippen LogP contribution < -0.4 is 0 Å². The second-order valence-electron chi connectivity index (χ2n) is 1.99. The number of rotatable bonds is 1. The van der Waals surface area contributed by atoms with Crippen LogP contribution in [0.4, 0.5) is 0 Å². The minimum atomic E-state index is -1.19. The van der Waals surface area contributed by atoms with Gasteiger partial charge in [0.15, 0.2) is 0 Å². The van der Waals surface area contributed by atoms with Gasteiger partial charge in [0.25, 0.3) is 0 Å². The first-order valence-corrected chi connectivity index (χ1v) is 3.86. The molecular weight excluding hydrogens is 239 g/mol. The molecule has 0 aromatic rings. The van der Waals surface area contributed by atoms with Crippen molar-refractivity contribution in [1.82, 2.24) is 0 Å². The molecule has 0 aromatic carbocycles. The van der Waals surface area contributed by atoms with Gasteiger partial charge in [0.2, 0.25) is 0 Å². The van der Waals surface area contributed by atoms with Crippen molar-refractivity contribution in [3.8, 4) is 0 Å². The molecule has 0 spiro atoms. The van der Waals surface area contributed by atoms with Crippen LogP contribution in [0, 0.1) is 0 Å². The summed E-state index contributed by atoms with van der Waals surface area (Å²) < 4.78 is -0.186. The molecule has 0 heterocycles. The fourth-order valence-corrected chi connectivity index (χ4v) is 1.73. The first-order chi connectivity index (χ1) is 3.54. The van der Waals surface area contributed by atoms with Gasteiger partial charge >= 0.3 is 7.12 Å². The summed E-state index contributed by atoms with van der Waals surface area (Å²) in [5.41, 5.74) is 0. The van der Waals surface area contributed by atoms with E-state index in [1.165, 1.54) is 0 Å². The van der Waals surface area contributed by atoms with E-state index in [9.17, 15) is 0 Å². The van der Waals surface area contributed by atoms with Gasteiger partial charge in [-0.15, -0.1) is 0 Å². The average Bonchev–Trinajstić information content (AvgIpc) is 2.13. The molecule has 1 rings (SSSR count). The first kappa shape index (κ1) is 7.06. The van der Waals surface area contributed by atoms with E-state index < -0.39 is 7.12 Å². The summed E-state index contributed by atoms with van der Waals surface area (Å²) in [5.74, 6) is -0.0394. The summed E-state index contributed by atoms with van der Waals surface area (Å²) in [7, 11) is -1.19. The molecule has 0 aromatic heterocycles. The van der Waals surface area contributed by atoms with Crippen molar-refractivity contribution in [3.05, 3.63) is 0 Å². The van der Waals surface area contributed by atoms with E-state index in [0.29, 0.717) is 0 Å². The smallest absolute Gasteiger partial charge is 0.427 e. The van der Waals surface area contributed by atoms with Gasteiger partial charge < -0.3 is 10.0 Å². The highest BCUT2D eigenvalue weighted by molar-refractivity contribution is 9.25. The lowest BCUT2D eigenvalue weighted by Crippen LogP contribution is -2.13. The third-order valence-electron chi connectivity index (χ3n) is 1.23. The van der Waals surface area contributed by atoms with Crippen molar-refractivity contribution in [2.45, 2.75) is 15.5 Å². The fraction of sp³-hybridized carbons (Fsp3) is 1.00. The van der Waals surface area contributed by atoms with Gasteiger partial charge in [0, 0.05) is 5.82 Å². The summed E-state index contributed by atoms with van der Waals surface area (Å²) in [6, 6.07) is 0. The van der Waals surface area contributed by atoms with Crippen LogP contribution in [0.1, 0.15) is 6.42 Å². The second kappa shape index (κ2) is 1.97. The Morgan fingerprint density at radius 1 is 1.50 bits per heavy atom. The van der Waals surface area contributed by atoms with Gasteiger partial charge in [0.05, 0.1) is 3.23 Å². The third kappa shape index (κ3) is 1.26. The minimum Gasteiger partial charge on any atom is -0.427 e. The largest absolute Gasteiger partial charge is 0.457 e. The van der Waals surface area contributed by atoms with Crippen LogP contribution in [0.2, 0.25) is 5.82 Å². The third-order valence-corrected chi connectivity index (χ3v) is 3.06. The lowest BCUT2D eigenvalue weighted by Gasteiger charge is -1.94. The lowest BCUT2D eigenvalue weighted by molar-refractivity contribution is 0.403. The van der Waals surface area contributed by atoms with E-state index in [4.69, 9.17) is 10.0 Å². The summed E-state index contributed by atoms with van der Waals surface area (Å²) in [6.45, 7) is 0. The monoisotopic (exact) mass is 242 g/mol. The molecule has 0 saturated heterocycles. The topological polar surface area (TPSA) is 40.5 Å². The van der Waals surface area contributed by atoms with E-state index >= 15 is 0 Å². The Balaban J connectivity index is 2.37. The second-order valence-corrected chi connectivity index (χ2v) is 5.88. The van der Waals surface area contributed by atoms with Crippen molar-refractivity contribution < 1.29 is 10.0 Å². The number of halogens is 2. The Morgan fingerprint density at radius 3 is 1.88 bits per heavy atom. The molecule has 46 valence electrons. The average molecular weight is 244 g/mol. The summed E-state index contributed by atoms with van der Waals surface area (Å²) >= 11 is 6.50. The normalized spacial score (nSPS) is 32.2. The van der Waals surface area contributed by atoms with Gasteiger partial charge in [-0.2, -0.15) is 0 Å². The Morgan fingerprint density at radius 2 is 1.88 bits per heavy atom. The van der Waals surface area contributed by atoms with E-state index in [0.717, 1.165) is 6.42 Å². The Kier molecular flexibility index (Phi) is 1.74. The molecule has 1 fully saturated rings. The quantitative estimate of drug-likeness (QED) is 0.526. The van der Waals surface area contributed by atoms with Crippen molar-refractivity contribution in [1.29, 1.82) is 0 Å². The Labute approximate surface area is 64.7 Å². The molecule has 2 nitrogen and oxygen atoms in total. The zero-order chi connectivity index (χ0) is 6.36. The van der Waals surface area contributed by atoms with Gasteiger partial charge in [-0.05, 0) is 6.42 Å². The standard InChI is InChI=1S/C3H5BBr2O2/c5-3(6)1-2(3)4(7)8/h2,7-8H,1H2/t2-/m1/s1. The van der Waals surface area contributed by atoms with E-state index in [1.807, 2.05) is 0 Å². The van der Waals surface area contributed by atoms with Gasteiger partial charge in [-0.25, -0.2) is 0 Å². The molecule has 1 aliphatic rings. The van der Waals surface area contributed by atoms with Crippen molar-refractivity contribution in [2.75, 3.05) is 0 Å². The van der Waals surface area contributed by atoms with Gasteiger partial charge in [-0.1, -0.05) is 31.9 Å². The molecule has 1 saturated carbocycles. The Bertz CT molecular complexity index is 105. The SMILES string of the molecule is OB(O)[C@@H]1CC1(Br)Br. The number of hydrogen-bond donors (Lipinski definition) is 2. The molecule has 0 aliphatic heterocycles. The lowest BCUT2D eigenvalue weighted by atomic mass is 9.84. The van der Waals surface area contributed by atoms with Crippen LogP contribution in [0.3, 0.4) is 0 Å². The zero-order valence-electron chi connectivity index (χ0n) is 4.01. The van der Waals surface area contributed by atoms with Crippen LogP contribution in [-0.2, 0) is 0 Å². The van der Waals surface area contributed by atoms with Crippen LogP contribution in [0.25, 0.3) is 0 Å². The molecule has 1 atom stereocenters. The van der Waals surface area contributed by atoms with Crippen molar-refractivity contribution in [2.24, 2.45) is 0 Å². The van der Waals surface area contributed by atoms with Crippen LogP contribution in [0.5, 0.6) is 0 Å². The zero-order valence-corrected chi connectivity index (χ0v) is 7.18. The maximum absolute atomic E-state index is 8.52. The number of alkyl halides is 2. The van der Waals surface area contributed by atoms with E-state index in [2.05, 4.69) is 31.9 Å². The summed E-state index contributed by atoms with van der Waals surface area (Å²) in [6.07, 6.45) is 0.782. The maximum Gasteiger partial charge on any atom is 0.457 e. The predicted octanol–water partition coefficient (Wildman–Crippen LogP) is 0.719. The van der Waals surface area contributed by atoms with Crippen LogP contribution >= 0.6 is 31.9 Å². The molecular formula is C3H5BBr2O2. The molecule has 2 N–H and O–H groups in total. The highest BCUT2D eigenvalue weighted by Gasteiger charge is 2.56. The van der Waals surface area contributed by atoms with Crippen molar-refractivity contribution >= 4 is 39.0 Å². The number of hydrogen-bond acceptors (Lipinski definition) is 2. The Hall–Kier alpha value is 0.945. The van der Waals surface area contributed by atoms with Crippen LogP contribution in [-0.4, -0.2) is 20.4 Å². The van der Waals surface area contributed by atoms with E-state index in [1.54, 1.807) is 0 Å². The minimum absolute atomic E-state index is 0.0394.